The first-order valence-electron chi connectivity index (χ1n) is 6.51. The fraction of sp³-hybridized carbons (Fsp3) is 0.188. The average molecular weight is 427 g/mol. The van der Waals surface area contributed by atoms with E-state index in [0.29, 0.717) is 5.75 Å². The number of halogens is 2. The van der Waals surface area contributed by atoms with Gasteiger partial charge in [-0.1, -0.05) is 44.0 Å². The second-order valence-corrected chi connectivity index (χ2v) is 7.75. The van der Waals surface area contributed by atoms with Crippen LogP contribution in [0.2, 0.25) is 0 Å². The smallest absolute Gasteiger partial charge is 0.238 e. The average Bonchev–Trinajstić information content (AvgIpc) is 2.84. The minimum absolute atomic E-state index is 0.0376. The quantitative estimate of drug-likeness (QED) is 0.649. The van der Waals surface area contributed by atoms with Gasteiger partial charge in [0, 0.05) is 14.6 Å². The lowest BCUT2D eigenvalue weighted by molar-refractivity contribution is -0.115. The van der Waals surface area contributed by atoms with E-state index in [2.05, 4.69) is 50.1 Å². The van der Waals surface area contributed by atoms with Crippen LogP contribution in [0, 0.1) is 6.92 Å². The molecule has 2 aromatic rings. The molecule has 0 bridgehead atoms. The molecule has 1 atom stereocenters. The summed E-state index contributed by atoms with van der Waals surface area (Å²) in [7, 11) is 0. The van der Waals surface area contributed by atoms with E-state index >= 15 is 0 Å². The molecular weight excluding hydrogens is 414 g/mol. The van der Waals surface area contributed by atoms with Crippen molar-refractivity contribution in [3.8, 4) is 0 Å². The zero-order chi connectivity index (χ0) is 15.0. The normalized spacial score (nSPS) is 18.3. The number of rotatable bonds is 2. The van der Waals surface area contributed by atoms with Gasteiger partial charge in [0.15, 0.2) is 0 Å². The van der Waals surface area contributed by atoms with Crippen molar-refractivity contribution in [2.75, 3.05) is 10.7 Å². The van der Waals surface area contributed by atoms with Gasteiger partial charge in [0.25, 0.3) is 0 Å². The summed E-state index contributed by atoms with van der Waals surface area (Å²) in [4.78, 5) is 14.2. The minimum atomic E-state index is 0.0376. The molecule has 0 aromatic heterocycles. The van der Waals surface area contributed by atoms with Gasteiger partial charge in [-0.05, 0) is 48.4 Å². The van der Waals surface area contributed by atoms with Crippen molar-refractivity contribution < 1.29 is 4.79 Å². The first kappa shape index (κ1) is 15.1. The van der Waals surface area contributed by atoms with Crippen LogP contribution in [0.1, 0.15) is 16.5 Å². The molecule has 108 valence electrons. The standard InChI is InChI=1S/C16H13Br2NOS/c1-10-7-13(5-6-14(10)18)19-15(20)9-21-16(19)11-3-2-4-12(17)8-11/h2-8,16H,9H2,1H3/t16-/m1/s1. The summed E-state index contributed by atoms with van der Waals surface area (Å²) in [5, 5.41) is 0.0376. The van der Waals surface area contributed by atoms with Crippen molar-refractivity contribution in [2.24, 2.45) is 0 Å². The molecule has 0 spiro atoms. The van der Waals surface area contributed by atoms with Gasteiger partial charge >= 0.3 is 0 Å². The van der Waals surface area contributed by atoms with Gasteiger partial charge in [0.05, 0.1) is 5.75 Å². The van der Waals surface area contributed by atoms with E-state index < -0.39 is 0 Å². The summed E-state index contributed by atoms with van der Waals surface area (Å²) in [6.45, 7) is 2.04. The van der Waals surface area contributed by atoms with Crippen molar-refractivity contribution in [3.63, 3.8) is 0 Å². The minimum Gasteiger partial charge on any atom is -0.295 e. The molecule has 0 aliphatic carbocycles. The van der Waals surface area contributed by atoms with Crippen molar-refractivity contribution in [3.05, 3.63) is 62.5 Å². The highest BCUT2D eigenvalue weighted by molar-refractivity contribution is 9.10. The summed E-state index contributed by atoms with van der Waals surface area (Å²) in [6, 6.07) is 14.2. The largest absolute Gasteiger partial charge is 0.295 e. The van der Waals surface area contributed by atoms with Crippen LogP contribution in [-0.4, -0.2) is 11.7 Å². The lowest BCUT2D eigenvalue weighted by Crippen LogP contribution is -2.27. The predicted molar refractivity (Wildman–Crippen MR) is 95.7 cm³/mol. The summed E-state index contributed by atoms with van der Waals surface area (Å²) >= 11 is 8.68. The maximum absolute atomic E-state index is 12.3. The third-order valence-corrected chi connectivity index (χ3v) is 6.02. The number of carbonyl (C=O) groups is 1. The van der Waals surface area contributed by atoms with Crippen molar-refractivity contribution in [2.45, 2.75) is 12.3 Å². The molecular formula is C16H13Br2NOS. The van der Waals surface area contributed by atoms with Crippen molar-refractivity contribution in [1.29, 1.82) is 0 Å². The Hall–Kier alpha value is -0.780. The van der Waals surface area contributed by atoms with Gasteiger partial charge in [-0.15, -0.1) is 11.8 Å². The van der Waals surface area contributed by atoms with Gasteiger partial charge in [-0.25, -0.2) is 0 Å². The number of nitrogens with zero attached hydrogens (tertiary/aromatic N) is 1. The third-order valence-electron chi connectivity index (χ3n) is 3.42. The molecule has 1 aliphatic rings. The number of aryl methyl sites for hydroxylation is 1. The van der Waals surface area contributed by atoms with E-state index in [1.54, 1.807) is 11.8 Å². The number of hydrogen-bond donors (Lipinski definition) is 0. The molecule has 0 unspecified atom stereocenters. The van der Waals surface area contributed by atoms with E-state index in [9.17, 15) is 4.79 Å². The highest BCUT2D eigenvalue weighted by Gasteiger charge is 2.34. The molecule has 0 radical (unpaired) electrons. The molecule has 5 heteroatoms. The van der Waals surface area contributed by atoms with Gasteiger partial charge in [-0.2, -0.15) is 0 Å². The molecule has 21 heavy (non-hydrogen) atoms. The fourth-order valence-electron chi connectivity index (χ4n) is 2.39. The van der Waals surface area contributed by atoms with Crippen LogP contribution in [-0.2, 0) is 4.79 Å². The maximum Gasteiger partial charge on any atom is 0.238 e. The number of hydrogen-bond acceptors (Lipinski definition) is 2. The van der Waals surface area contributed by atoms with Crippen LogP contribution in [0.3, 0.4) is 0 Å². The summed E-state index contributed by atoms with van der Waals surface area (Å²) < 4.78 is 2.09. The molecule has 1 heterocycles. The monoisotopic (exact) mass is 425 g/mol. The topological polar surface area (TPSA) is 20.3 Å². The molecule has 1 fully saturated rings. The second kappa shape index (κ2) is 6.15. The highest BCUT2D eigenvalue weighted by Crippen LogP contribution is 2.42. The van der Waals surface area contributed by atoms with Crippen molar-refractivity contribution in [1.82, 2.24) is 0 Å². The maximum atomic E-state index is 12.3. The lowest BCUT2D eigenvalue weighted by atomic mass is 10.1. The van der Waals surface area contributed by atoms with Gasteiger partial charge in [0.2, 0.25) is 5.91 Å². The molecule has 3 rings (SSSR count). The van der Waals surface area contributed by atoms with Crippen LogP contribution in [0.5, 0.6) is 0 Å². The van der Waals surface area contributed by atoms with E-state index in [4.69, 9.17) is 0 Å². The van der Waals surface area contributed by atoms with Gasteiger partial charge < -0.3 is 0 Å². The van der Waals surface area contributed by atoms with Crippen LogP contribution >= 0.6 is 43.6 Å². The Morgan fingerprint density at radius 2 is 2.00 bits per heavy atom. The number of anilines is 1. The molecule has 1 saturated heterocycles. The van der Waals surface area contributed by atoms with Crippen molar-refractivity contribution >= 4 is 55.2 Å². The second-order valence-electron chi connectivity index (χ2n) is 4.92. The van der Waals surface area contributed by atoms with E-state index in [1.807, 2.05) is 36.1 Å². The lowest BCUT2D eigenvalue weighted by Gasteiger charge is -2.25. The Morgan fingerprint density at radius 1 is 1.19 bits per heavy atom. The molecule has 1 aliphatic heterocycles. The summed E-state index contributed by atoms with van der Waals surface area (Å²) in [5.41, 5.74) is 3.22. The summed E-state index contributed by atoms with van der Waals surface area (Å²) in [5.74, 6) is 0.679. The Bertz CT molecular complexity index is 704. The fourth-order valence-corrected chi connectivity index (χ4v) is 4.22. The van der Waals surface area contributed by atoms with E-state index in [1.165, 1.54) is 0 Å². The Labute approximate surface area is 145 Å². The van der Waals surface area contributed by atoms with Crippen LogP contribution < -0.4 is 4.90 Å². The van der Waals surface area contributed by atoms with Crippen LogP contribution in [0.4, 0.5) is 5.69 Å². The van der Waals surface area contributed by atoms with E-state index in [-0.39, 0.29) is 11.3 Å². The number of carbonyl (C=O) groups excluding carboxylic acids is 1. The van der Waals surface area contributed by atoms with Gasteiger partial charge in [0.1, 0.15) is 5.37 Å². The summed E-state index contributed by atoms with van der Waals surface area (Å²) in [6.07, 6.45) is 0. The van der Waals surface area contributed by atoms with Crippen LogP contribution in [0.15, 0.2) is 51.4 Å². The highest BCUT2D eigenvalue weighted by atomic mass is 79.9. The molecule has 2 nitrogen and oxygen atoms in total. The molecule has 2 aromatic carbocycles. The molecule has 1 amide bonds. The number of benzene rings is 2. The number of thioether (sulfide) groups is 1. The molecule has 0 saturated carbocycles. The number of amides is 1. The Balaban J connectivity index is 2.01. The Kier molecular flexibility index (Phi) is 4.43. The zero-order valence-electron chi connectivity index (χ0n) is 11.3. The van der Waals surface area contributed by atoms with Gasteiger partial charge in [-0.3, -0.25) is 9.69 Å². The SMILES string of the molecule is Cc1cc(N2C(=O)CS[C@@H]2c2cccc(Br)c2)ccc1Br. The first-order valence-corrected chi connectivity index (χ1v) is 9.15. The Morgan fingerprint density at radius 3 is 2.71 bits per heavy atom. The third kappa shape index (κ3) is 3.05. The first-order chi connectivity index (χ1) is 10.1. The zero-order valence-corrected chi connectivity index (χ0v) is 15.3. The molecule has 0 N–H and O–H groups in total. The van der Waals surface area contributed by atoms with E-state index in [0.717, 1.165) is 25.8 Å². The van der Waals surface area contributed by atoms with Crippen LogP contribution in [0.25, 0.3) is 0 Å². The predicted octanol–water partition coefficient (Wildman–Crippen LogP) is 5.30.